The number of aromatic nitrogens is 1. The first-order valence-corrected chi connectivity index (χ1v) is 10.4. The summed E-state index contributed by atoms with van der Waals surface area (Å²) in [7, 11) is 3.56. The van der Waals surface area contributed by atoms with Gasteiger partial charge in [-0.15, -0.1) is 35.3 Å². The maximum Gasteiger partial charge on any atom is 0.193 e. The number of methoxy groups -OCH3 is 1. The van der Waals surface area contributed by atoms with Crippen LogP contribution in [-0.4, -0.2) is 62.7 Å². The number of hydrogen-bond donors (Lipinski definition) is 1. The van der Waals surface area contributed by atoms with E-state index in [-0.39, 0.29) is 24.0 Å². The van der Waals surface area contributed by atoms with Gasteiger partial charge in [-0.25, -0.2) is 4.98 Å². The molecule has 28 heavy (non-hydrogen) atoms. The number of halogens is 1. The smallest absolute Gasteiger partial charge is 0.193 e. The van der Waals surface area contributed by atoms with Crippen LogP contribution in [0, 0.1) is 0 Å². The van der Waals surface area contributed by atoms with E-state index in [1.165, 1.54) is 16.4 Å². The van der Waals surface area contributed by atoms with Gasteiger partial charge in [-0.05, 0) is 30.7 Å². The van der Waals surface area contributed by atoms with Crippen molar-refractivity contribution < 1.29 is 4.74 Å². The molecule has 1 N–H and O–H groups in total. The van der Waals surface area contributed by atoms with Crippen LogP contribution in [0.25, 0.3) is 0 Å². The second-order valence-corrected chi connectivity index (χ2v) is 7.42. The lowest BCUT2D eigenvalue weighted by molar-refractivity contribution is 0.372. The van der Waals surface area contributed by atoms with Crippen LogP contribution in [-0.2, 0) is 12.8 Å². The van der Waals surface area contributed by atoms with Gasteiger partial charge in [0.2, 0.25) is 0 Å². The Morgan fingerprint density at radius 1 is 1.21 bits per heavy atom. The van der Waals surface area contributed by atoms with Gasteiger partial charge >= 0.3 is 0 Å². The molecule has 0 bridgehead atoms. The van der Waals surface area contributed by atoms with E-state index in [9.17, 15) is 0 Å². The van der Waals surface area contributed by atoms with Gasteiger partial charge in [0.25, 0.3) is 0 Å². The Labute approximate surface area is 189 Å². The number of aryl methyl sites for hydroxylation is 1. The molecular formula is C20H30IN5OS. The Balaban J connectivity index is 0.00000280. The highest BCUT2D eigenvalue weighted by Crippen LogP contribution is 2.20. The van der Waals surface area contributed by atoms with Crippen molar-refractivity contribution in [3.63, 3.8) is 0 Å². The fraction of sp³-hybridized carbons (Fsp3) is 0.500. The van der Waals surface area contributed by atoms with Crippen LogP contribution in [0.5, 0.6) is 5.75 Å². The number of thiazole rings is 1. The molecule has 1 fully saturated rings. The SMILES string of the molecule is CCc1nc(CCNC(=NC)N2CCN(c3ccc(OC)cc3)CC2)cs1.I. The summed E-state index contributed by atoms with van der Waals surface area (Å²) in [6.07, 6.45) is 1.94. The molecule has 6 nitrogen and oxygen atoms in total. The zero-order chi connectivity index (χ0) is 19.1. The van der Waals surface area contributed by atoms with Crippen LogP contribution in [0.1, 0.15) is 17.6 Å². The van der Waals surface area contributed by atoms with Crippen molar-refractivity contribution in [3.8, 4) is 5.75 Å². The molecule has 0 atom stereocenters. The van der Waals surface area contributed by atoms with Crippen molar-refractivity contribution in [1.82, 2.24) is 15.2 Å². The molecule has 2 heterocycles. The third kappa shape index (κ3) is 5.97. The number of ether oxygens (including phenoxy) is 1. The average molecular weight is 515 g/mol. The van der Waals surface area contributed by atoms with Crippen LogP contribution in [0.4, 0.5) is 5.69 Å². The lowest BCUT2D eigenvalue weighted by Gasteiger charge is -2.37. The molecule has 0 aliphatic carbocycles. The van der Waals surface area contributed by atoms with Crippen LogP contribution in [0.3, 0.4) is 0 Å². The van der Waals surface area contributed by atoms with Gasteiger partial charge in [0.05, 0.1) is 17.8 Å². The highest BCUT2D eigenvalue weighted by Gasteiger charge is 2.19. The zero-order valence-electron chi connectivity index (χ0n) is 16.9. The Bertz CT molecular complexity index is 741. The normalized spacial score (nSPS) is 14.6. The summed E-state index contributed by atoms with van der Waals surface area (Å²) in [5, 5.41) is 6.87. The van der Waals surface area contributed by atoms with Crippen molar-refractivity contribution >= 4 is 47.0 Å². The molecule has 8 heteroatoms. The molecular weight excluding hydrogens is 485 g/mol. The number of piperazine rings is 1. The van der Waals surface area contributed by atoms with Crippen LogP contribution in [0.15, 0.2) is 34.6 Å². The molecule has 0 amide bonds. The lowest BCUT2D eigenvalue weighted by Crippen LogP contribution is -2.52. The van der Waals surface area contributed by atoms with Gasteiger partial charge in [0.1, 0.15) is 5.75 Å². The van der Waals surface area contributed by atoms with E-state index in [1.807, 2.05) is 19.2 Å². The van der Waals surface area contributed by atoms with Crippen LogP contribution >= 0.6 is 35.3 Å². The Morgan fingerprint density at radius 3 is 2.50 bits per heavy atom. The number of guanidine groups is 1. The number of rotatable bonds is 6. The predicted molar refractivity (Wildman–Crippen MR) is 129 cm³/mol. The first-order valence-electron chi connectivity index (χ1n) is 9.51. The van der Waals surface area contributed by atoms with Crippen molar-refractivity contribution in [2.75, 3.05) is 51.8 Å². The summed E-state index contributed by atoms with van der Waals surface area (Å²) in [6, 6.07) is 8.29. The van der Waals surface area contributed by atoms with Crippen LogP contribution < -0.4 is 15.0 Å². The maximum atomic E-state index is 5.24. The lowest BCUT2D eigenvalue weighted by atomic mass is 10.2. The summed E-state index contributed by atoms with van der Waals surface area (Å²) in [4.78, 5) is 13.8. The standard InChI is InChI=1S/C20H29N5OS.HI/c1-4-19-23-16(15-27-19)9-10-22-20(21-2)25-13-11-24(12-14-25)17-5-7-18(26-3)8-6-17;/h5-8,15H,4,9-14H2,1-3H3,(H,21,22);1H. The quantitative estimate of drug-likeness (QED) is 0.364. The van der Waals surface area contributed by atoms with Crippen molar-refractivity contribution in [1.29, 1.82) is 0 Å². The third-order valence-corrected chi connectivity index (χ3v) is 5.84. The van der Waals surface area contributed by atoms with E-state index >= 15 is 0 Å². The first kappa shape index (κ1) is 22.7. The number of hydrogen-bond acceptors (Lipinski definition) is 5. The second kappa shape index (κ2) is 11.5. The van der Waals surface area contributed by atoms with Crippen molar-refractivity contribution in [2.45, 2.75) is 19.8 Å². The number of benzene rings is 1. The monoisotopic (exact) mass is 515 g/mol. The summed E-state index contributed by atoms with van der Waals surface area (Å²) >= 11 is 1.75. The summed E-state index contributed by atoms with van der Waals surface area (Å²) in [5.74, 6) is 1.88. The number of nitrogens with one attached hydrogen (secondary N) is 1. The van der Waals surface area contributed by atoms with Gasteiger partial charge in [0.15, 0.2) is 5.96 Å². The Hall–Kier alpha value is -1.55. The minimum atomic E-state index is 0. The number of nitrogens with zero attached hydrogens (tertiary/aromatic N) is 4. The van der Waals surface area contributed by atoms with E-state index in [0.29, 0.717) is 0 Å². The molecule has 1 saturated heterocycles. The topological polar surface area (TPSA) is 53.0 Å². The second-order valence-electron chi connectivity index (χ2n) is 6.48. The fourth-order valence-electron chi connectivity index (χ4n) is 3.23. The Morgan fingerprint density at radius 2 is 1.93 bits per heavy atom. The van der Waals surface area contributed by atoms with Gasteiger partial charge in [-0.3, -0.25) is 4.99 Å². The number of anilines is 1. The van der Waals surface area contributed by atoms with E-state index in [4.69, 9.17) is 4.74 Å². The highest BCUT2D eigenvalue weighted by molar-refractivity contribution is 14.0. The average Bonchev–Trinajstić information content (AvgIpc) is 3.19. The van der Waals surface area contributed by atoms with Crippen molar-refractivity contribution in [2.24, 2.45) is 4.99 Å². The maximum absolute atomic E-state index is 5.24. The molecule has 0 saturated carbocycles. The van der Waals surface area contributed by atoms with E-state index in [2.05, 4.69) is 49.5 Å². The van der Waals surface area contributed by atoms with Gasteiger partial charge in [-0.2, -0.15) is 0 Å². The van der Waals surface area contributed by atoms with Crippen molar-refractivity contribution in [3.05, 3.63) is 40.3 Å². The van der Waals surface area contributed by atoms with E-state index in [0.717, 1.165) is 57.3 Å². The highest BCUT2D eigenvalue weighted by atomic mass is 127. The van der Waals surface area contributed by atoms with Gasteiger partial charge in [0, 0.05) is 57.3 Å². The molecule has 1 aromatic carbocycles. The largest absolute Gasteiger partial charge is 0.497 e. The number of aliphatic imine (C=N–C) groups is 1. The minimum absolute atomic E-state index is 0. The summed E-state index contributed by atoms with van der Waals surface area (Å²) in [5.41, 5.74) is 2.41. The van der Waals surface area contributed by atoms with E-state index < -0.39 is 0 Å². The molecule has 1 aromatic heterocycles. The predicted octanol–water partition coefficient (Wildman–Crippen LogP) is 3.27. The molecule has 0 unspecified atom stereocenters. The van der Waals surface area contributed by atoms with E-state index in [1.54, 1.807) is 18.4 Å². The first-order chi connectivity index (χ1) is 13.2. The summed E-state index contributed by atoms with van der Waals surface area (Å²) in [6.45, 7) is 6.90. The zero-order valence-corrected chi connectivity index (χ0v) is 20.0. The van der Waals surface area contributed by atoms with Crippen LogP contribution in [0.2, 0.25) is 0 Å². The minimum Gasteiger partial charge on any atom is -0.497 e. The molecule has 1 aliphatic rings. The Kier molecular flexibility index (Phi) is 9.30. The fourth-order valence-corrected chi connectivity index (χ4v) is 4.01. The summed E-state index contributed by atoms with van der Waals surface area (Å²) < 4.78 is 5.24. The molecule has 1 aliphatic heterocycles. The molecule has 2 aromatic rings. The van der Waals surface area contributed by atoms with Gasteiger partial charge in [-0.1, -0.05) is 6.92 Å². The van der Waals surface area contributed by atoms with Gasteiger partial charge < -0.3 is 19.9 Å². The molecule has 0 spiro atoms. The third-order valence-electron chi connectivity index (χ3n) is 4.79. The molecule has 0 radical (unpaired) electrons. The molecule has 3 rings (SSSR count). The molecule has 154 valence electrons.